The van der Waals surface area contributed by atoms with Crippen molar-refractivity contribution in [1.29, 1.82) is 0 Å². The molecule has 3 aromatic heterocycles. The number of imidazole rings is 2. The monoisotopic (exact) mass is 358 g/mol. The van der Waals surface area contributed by atoms with E-state index in [0.717, 1.165) is 23.4 Å². The van der Waals surface area contributed by atoms with Crippen LogP contribution in [0.1, 0.15) is 21.6 Å². The second-order valence-corrected chi connectivity index (χ2v) is 6.73. The van der Waals surface area contributed by atoms with E-state index < -0.39 is 0 Å². The number of fused-ring (bicyclic) bond motifs is 2. The number of amides is 1. The molecule has 0 atom stereocenters. The molecule has 0 fully saturated rings. The highest BCUT2D eigenvalue weighted by Gasteiger charge is 2.22. The maximum Gasteiger partial charge on any atom is 0.255 e. The molecule has 0 N–H and O–H groups in total. The van der Waals surface area contributed by atoms with Gasteiger partial charge >= 0.3 is 0 Å². The summed E-state index contributed by atoms with van der Waals surface area (Å²) in [5.41, 5.74) is 4.32. The van der Waals surface area contributed by atoms with Crippen LogP contribution in [0, 0.1) is 0 Å². The van der Waals surface area contributed by atoms with Gasteiger partial charge in [-0.2, -0.15) is 0 Å². The van der Waals surface area contributed by atoms with Gasteiger partial charge in [0.1, 0.15) is 5.52 Å². The van der Waals surface area contributed by atoms with Crippen molar-refractivity contribution in [2.45, 2.75) is 19.6 Å². The quantitative estimate of drug-likeness (QED) is 0.564. The van der Waals surface area contributed by atoms with E-state index in [0.29, 0.717) is 25.2 Å². The van der Waals surface area contributed by atoms with Crippen LogP contribution in [0.4, 0.5) is 0 Å². The zero-order valence-electron chi connectivity index (χ0n) is 14.7. The van der Waals surface area contributed by atoms with E-state index in [-0.39, 0.29) is 5.91 Å². The van der Waals surface area contributed by atoms with Crippen LogP contribution in [0.3, 0.4) is 0 Å². The highest BCUT2D eigenvalue weighted by Crippen LogP contribution is 2.18. The van der Waals surface area contributed by atoms with E-state index in [9.17, 15) is 4.79 Å². The van der Waals surface area contributed by atoms with E-state index in [1.165, 1.54) is 5.56 Å². The van der Waals surface area contributed by atoms with Crippen LogP contribution >= 0.6 is 0 Å². The fraction of sp³-hybridized carbons (Fsp3) is 0.200. The summed E-state index contributed by atoms with van der Waals surface area (Å²) < 4.78 is 4.08. The summed E-state index contributed by atoms with van der Waals surface area (Å²) in [6.45, 7) is 2.71. The van der Waals surface area contributed by atoms with Crippen LogP contribution in [0.25, 0.3) is 11.2 Å². The number of aromatic nitrogens is 5. The molecule has 1 aliphatic heterocycles. The van der Waals surface area contributed by atoms with Crippen molar-refractivity contribution in [2.24, 2.45) is 0 Å². The summed E-state index contributed by atoms with van der Waals surface area (Å²) in [5, 5.41) is 0. The molecule has 0 saturated carbocycles. The topological polar surface area (TPSA) is 68.8 Å². The van der Waals surface area contributed by atoms with Crippen molar-refractivity contribution in [3.8, 4) is 0 Å². The van der Waals surface area contributed by atoms with Gasteiger partial charge in [0.15, 0.2) is 5.65 Å². The van der Waals surface area contributed by atoms with E-state index in [1.54, 1.807) is 12.5 Å². The first kappa shape index (κ1) is 15.7. The normalized spacial score (nSPS) is 13.7. The molecule has 0 aliphatic carbocycles. The van der Waals surface area contributed by atoms with Gasteiger partial charge in [-0.15, -0.1) is 0 Å². The Balaban J connectivity index is 1.40. The van der Waals surface area contributed by atoms with Gasteiger partial charge in [0.05, 0.1) is 37.0 Å². The first-order valence-corrected chi connectivity index (χ1v) is 8.91. The number of hydrogen-bond donors (Lipinski definition) is 0. The van der Waals surface area contributed by atoms with E-state index >= 15 is 0 Å². The maximum absolute atomic E-state index is 12.9. The van der Waals surface area contributed by atoms with Crippen LogP contribution in [0.5, 0.6) is 0 Å². The Kier molecular flexibility index (Phi) is 3.71. The second-order valence-electron chi connectivity index (χ2n) is 6.73. The van der Waals surface area contributed by atoms with Gasteiger partial charge in [-0.1, -0.05) is 30.3 Å². The molecule has 4 heterocycles. The number of nitrogens with zero attached hydrogens (tertiary/aromatic N) is 6. The lowest BCUT2D eigenvalue weighted by Gasteiger charge is -2.28. The minimum absolute atomic E-state index is 0.0190. The van der Waals surface area contributed by atoms with Gasteiger partial charge in [-0.05, 0) is 11.6 Å². The van der Waals surface area contributed by atoms with E-state index in [4.69, 9.17) is 0 Å². The van der Waals surface area contributed by atoms with Crippen LogP contribution in [-0.2, 0) is 19.6 Å². The molecule has 1 aromatic carbocycles. The predicted octanol–water partition coefficient (Wildman–Crippen LogP) is 2.33. The van der Waals surface area contributed by atoms with Crippen molar-refractivity contribution < 1.29 is 4.79 Å². The fourth-order valence-electron chi connectivity index (χ4n) is 3.50. The van der Waals surface area contributed by atoms with Gasteiger partial charge in [0, 0.05) is 25.5 Å². The number of benzene rings is 1. The molecular weight excluding hydrogens is 340 g/mol. The first-order valence-electron chi connectivity index (χ1n) is 8.91. The third-order valence-electron chi connectivity index (χ3n) is 4.95. The van der Waals surface area contributed by atoms with Gasteiger partial charge < -0.3 is 14.0 Å². The minimum atomic E-state index is -0.0190. The van der Waals surface area contributed by atoms with E-state index in [2.05, 4.69) is 31.7 Å². The fourth-order valence-corrected chi connectivity index (χ4v) is 3.50. The third kappa shape index (κ3) is 2.87. The molecule has 0 unspecified atom stereocenters. The maximum atomic E-state index is 12.9. The van der Waals surface area contributed by atoms with Gasteiger partial charge in [0.25, 0.3) is 5.91 Å². The smallest absolute Gasteiger partial charge is 0.255 e. The average Bonchev–Trinajstić information content (AvgIpc) is 3.34. The molecule has 0 spiro atoms. The lowest BCUT2D eigenvalue weighted by molar-refractivity contribution is 0.0711. The van der Waals surface area contributed by atoms with Gasteiger partial charge in [0.2, 0.25) is 0 Å². The Morgan fingerprint density at radius 1 is 1.04 bits per heavy atom. The number of hydrogen-bond acceptors (Lipinski definition) is 4. The van der Waals surface area contributed by atoms with Crippen molar-refractivity contribution in [2.75, 3.05) is 6.54 Å². The van der Waals surface area contributed by atoms with Crippen LogP contribution in [-0.4, -0.2) is 41.4 Å². The SMILES string of the molecule is O=C(c1cnc2c(c1)ncn2Cc1ccccc1)N1CCn2cncc2C1. The molecular formula is C20H18N6O. The minimum Gasteiger partial charge on any atom is -0.331 e. The molecule has 0 saturated heterocycles. The van der Waals surface area contributed by atoms with E-state index in [1.807, 2.05) is 46.3 Å². The van der Waals surface area contributed by atoms with Crippen molar-refractivity contribution in [3.63, 3.8) is 0 Å². The third-order valence-corrected chi connectivity index (χ3v) is 4.95. The Hall–Kier alpha value is -3.48. The first-order chi connectivity index (χ1) is 13.3. The number of carbonyl (C=O) groups is 1. The molecule has 0 radical (unpaired) electrons. The molecule has 5 rings (SSSR count). The molecule has 7 nitrogen and oxygen atoms in total. The summed E-state index contributed by atoms with van der Waals surface area (Å²) in [6.07, 6.45) is 7.05. The largest absolute Gasteiger partial charge is 0.331 e. The highest BCUT2D eigenvalue weighted by molar-refractivity contribution is 5.96. The Morgan fingerprint density at radius 3 is 2.81 bits per heavy atom. The number of rotatable bonds is 3. The predicted molar refractivity (Wildman–Crippen MR) is 100 cm³/mol. The summed E-state index contributed by atoms with van der Waals surface area (Å²) in [7, 11) is 0. The van der Waals surface area contributed by atoms with Gasteiger partial charge in [-0.3, -0.25) is 4.79 Å². The average molecular weight is 358 g/mol. The highest BCUT2D eigenvalue weighted by atomic mass is 16.2. The summed E-state index contributed by atoms with van der Waals surface area (Å²) in [4.78, 5) is 27.8. The standard InChI is InChI=1S/C20H18N6O/c27-20(24-6-7-25-13-21-10-17(25)12-24)16-8-18-19(22-9-16)26(14-23-18)11-15-4-2-1-3-5-15/h1-5,8-10,13-14H,6-7,11-12H2. The molecule has 1 aliphatic rings. The molecule has 7 heteroatoms. The molecule has 0 bridgehead atoms. The van der Waals surface area contributed by atoms with Crippen molar-refractivity contribution in [1.82, 2.24) is 29.0 Å². The Bertz CT molecular complexity index is 1110. The van der Waals surface area contributed by atoms with Crippen LogP contribution in [0.2, 0.25) is 0 Å². The lowest BCUT2D eigenvalue weighted by Crippen LogP contribution is -2.37. The van der Waals surface area contributed by atoms with Crippen molar-refractivity contribution in [3.05, 3.63) is 78.3 Å². The molecule has 134 valence electrons. The van der Waals surface area contributed by atoms with Crippen LogP contribution < -0.4 is 0 Å². The van der Waals surface area contributed by atoms with Crippen molar-refractivity contribution >= 4 is 17.1 Å². The zero-order valence-corrected chi connectivity index (χ0v) is 14.7. The summed E-state index contributed by atoms with van der Waals surface area (Å²) in [6, 6.07) is 12.0. The zero-order chi connectivity index (χ0) is 18.2. The summed E-state index contributed by atoms with van der Waals surface area (Å²) >= 11 is 0. The Morgan fingerprint density at radius 2 is 1.93 bits per heavy atom. The summed E-state index contributed by atoms with van der Waals surface area (Å²) in [5.74, 6) is -0.0190. The van der Waals surface area contributed by atoms with Gasteiger partial charge in [-0.25, -0.2) is 15.0 Å². The molecule has 27 heavy (non-hydrogen) atoms. The lowest BCUT2D eigenvalue weighted by atomic mass is 10.2. The second kappa shape index (κ2) is 6.35. The number of pyridine rings is 1. The molecule has 1 amide bonds. The molecule has 4 aromatic rings. The Labute approximate surface area is 155 Å². The number of carbonyl (C=O) groups excluding carboxylic acids is 1. The van der Waals surface area contributed by atoms with Crippen LogP contribution in [0.15, 0.2) is 61.4 Å².